The minimum absolute atomic E-state index is 0.00308. The average molecular weight is 560 g/mol. The molecule has 0 aliphatic heterocycles. The summed E-state index contributed by atoms with van der Waals surface area (Å²) < 4.78 is 42.1. The zero-order valence-corrected chi connectivity index (χ0v) is 23.1. The van der Waals surface area contributed by atoms with Crippen molar-refractivity contribution in [3.05, 3.63) is 94.8 Å². The number of carbonyl (C=O) groups excluding carboxylic acids is 2. The Morgan fingerprint density at radius 3 is 2.18 bits per heavy atom. The summed E-state index contributed by atoms with van der Waals surface area (Å²) in [6, 6.07) is 17.3. The van der Waals surface area contributed by atoms with Gasteiger partial charge in [-0.1, -0.05) is 60.5 Å². The van der Waals surface area contributed by atoms with E-state index >= 15 is 0 Å². The van der Waals surface area contributed by atoms with Gasteiger partial charge in [0.05, 0.1) is 15.6 Å². The summed E-state index contributed by atoms with van der Waals surface area (Å²) >= 11 is 6.40. The molecule has 0 heterocycles. The second-order valence-electron chi connectivity index (χ2n) is 8.74. The summed E-state index contributed by atoms with van der Waals surface area (Å²) in [5.74, 6) is -1.41. The molecule has 1 atom stereocenters. The number of hydrogen-bond acceptors (Lipinski definition) is 4. The van der Waals surface area contributed by atoms with Gasteiger partial charge in [-0.05, 0) is 62.2 Å². The van der Waals surface area contributed by atoms with Gasteiger partial charge < -0.3 is 10.2 Å². The Labute approximate surface area is 228 Å². The van der Waals surface area contributed by atoms with Crippen LogP contribution in [-0.4, -0.2) is 44.3 Å². The van der Waals surface area contributed by atoms with Gasteiger partial charge in [0.2, 0.25) is 11.8 Å². The van der Waals surface area contributed by atoms with Crippen LogP contribution in [0.15, 0.2) is 77.7 Å². The Bertz CT molecular complexity index is 1370. The first-order valence-corrected chi connectivity index (χ1v) is 14.1. The monoisotopic (exact) mass is 559 g/mol. The van der Waals surface area contributed by atoms with Crippen LogP contribution in [-0.2, 0) is 26.2 Å². The van der Waals surface area contributed by atoms with Crippen molar-refractivity contribution < 1.29 is 22.4 Å². The molecular formula is C28H31ClFN3O4S. The van der Waals surface area contributed by atoms with Crippen molar-refractivity contribution in [1.29, 1.82) is 0 Å². The van der Waals surface area contributed by atoms with Gasteiger partial charge in [-0.2, -0.15) is 0 Å². The van der Waals surface area contributed by atoms with Gasteiger partial charge >= 0.3 is 0 Å². The largest absolute Gasteiger partial charge is 0.355 e. The minimum Gasteiger partial charge on any atom is -0.355 e. The fourth-order valence-corrected chi connectivity index (χ4v) is 5.72. The normalized spacial score (nSPS) is 12.0. The van der Waals surface area contributed by atoms with Crippen molar-refractivity contribution in [2.45, 2.75) is 44.7 Å². The van der Waals surface area contributed by atoms with Gasteiger partial charge in [0.15, 0.2) is 0 Å². The second kappa shape index (κ2) is 12.9. The SMILES string of the molecule is CCNC(=O)[C@H](CC)N(Cc1ccc(F)cc1)C(=O)CN(c1ccccc1Cl)S(=O)(=O)c1ccc(C)cc1. The molecule has 0 fully saturated rings. The number of nitrogens with one attached hydrogen (secondary N) is 1. The highest BCUT2D eigenvalue weighted by molar-refractivity contribution is 7.92. The van der Waals surface area contributed by atoms with Gasteiger partial charge in [-0.25, -0.2) is 12.8 Å². The molecule has 0 spiro atoms. The van der Waals surface area contributed by atoms with Crippen LogP contribution in [0, 0.1) is 12.7 Å². The summed E-state index contributed by atoms with van der Waals surface area (Å²) in [6.45, 7) is 5.11. The van der Waals surface area contributed by atoms with Gasteiger partial charge in [0.25, 0.3) is 10.0 Å². The highest BCUT2D eigenvalue weighted by Gasteiger charge is 2.34. The molecule has 0 radical (unpaired) electrons. The third-order valence-electron chi connectivity index (χ3n) is 6.01. The Morgan fingerprint density at radius 1 is 0.974 bits per heavy atom. The molecule has 0 unspecified atom stereocenters. The predicted molar refractivity (Wildman–Crippen MR) is 147 cm³/mol. The number of anilines is 1. The number of carbonyl (C=O) groups is 2. The molecule has 38 heavy (non-hydrogen) atoms. The van der Waals surface area contributed by atoms with Gasteiger partial charge in [-0.3, -0.25) is 13.9 Å². The smallest absolute Gasteiger partial charge is 0.264 e. The summed E-state index contributed by atoms with van der Waals surface area (Å²) in [4.78, 5) is 28.1. The molecule has 202 valence electrons. The molecule has 0 aliphatic carbocycles. The molecule has 3 rings (SSSR count). The van der Waals surface area contributed by atoms with E-state index in [9.17, 15) is 22.4 Å². The maximum atomic E-state index is 13.9. The number of benzene rings is 3. The average Bonchev–Trinajstić information content (AvgIpc) is 2.89. The third-order valence-corrected chi connectivity index (χ3v) is 8.11. The van der Waals surface area contributed by atoms with E-state index in [0.29, 0.717) is 12.1 Å². The van der Waals surface area contributed by atoms with Crippen LogP contribution in [0.25, 0.3) is 0 Å². The van der Waals surface area contributed by atoms with Crippen molar-refractivity contribution in [3.8, 4) is 0 Å². The molecule has 7 nitrogen and oxygen atoms in total. The van der Waals surface area contributed by atoms with Crippen molar-refractivity contribution >= 4 is 39.1 Å². The van der Waals surface area contributed by atoms with Crippen LogP contribution >= 0.6 is 11.6 Å². The van der Waals surface area contributed by atoms with E-state index in [1.165, 1.54) is 47.4 Å². The maximum absolute atomic E-state index is 13.9. The van der Waals surface area contributed by atoms with Crippen molar-refractivity contribution in [3.63, 3.8) is 0 Å². The lowest BCUT2D eigenvalue weighted by molar-refractivity contribution is -0.140. The zero-order chi connectivity index (χ0) is 27.9. The van der Waals surface area contributed by atoms with E-state index in [1.807, 2.05) is 6.92 Å². The Kier molecular flexibility index (Phi) is 9.88. The predicted octanol–water partition coefficient (Wildman–Crippen LogP) is 4.93. The number of nitrogens with zero attached hydrogens (tertiary/aromatic N) is 2. The number of hydrogen-bond donors (Lipinski definition) is 1. The fraction of sp³-hybridized carbons (Fsp3) is 0.286. The van der Waals surface area contributed by atoms with Crippen molar-refractivity contribution in [2.75, 3.05) is 17.4 Å². The van der Waals surface area contributed by atoms with Gasteiger partial charge in [0, 0.05) is 13.1 Å². The van der Waals surface area contributed by atoms with E-state index < -0.39 is 34.3 Å². The van der Waals surface area contributed by atoms with Crippen LogP contribution < -0.4 is 9.62 Å². The quantitative estimate of drug-likeness (QED) is 0.361. The number of aryl methyl sites for hydroxylation is 1. The van der Waals surface area contributed by atoms with Crippen LogP contribution in [0.5, 0.6) is 0 Å². The fourth-order valence-electron chi connectivity index (χ4n) is 4.00. The Morgan fingerprint density at radius 2 is 1.61 bits per heavy atom. The molecule has 1 N–H and O–H groups in total. The molecule has 0 aromatic heterocycles. The van der Waals surface area contributed by atoms with E-state index in [4.69, 9.17) is 11.6 Å². The zero-order valence-electron chi connectivity index (χ0n) is 21.5. The lowest BCUT2D eigenvalue weighted by Crippen LogP contribution is -2.52. The van der Waals surface area contributed by atoms with E-state index in [1.54, 1.807) is 44.2 Å². The molecule has 3 aromatic rings. The number of halogens is 2. The van der Waals surface area contributed by atoms with Crippen molar-refractivity contribution in [2.24, 2.45) is 0 Å². The molecule has 10 heteroatoms. The maximum Gasteiger partial charge on any atom is 0.264 e. The highest BCUT2D eigenvalue weighted by atomic mass is 35.5. The Balaban J connectivity index is 2.06. The van der Waals surface area contributed by atoms with E-state index in [2.05, 4.69) is 5.32 Å². The van der Waals surface area contributed by atoms with Crippen LogP contribution in [0.1, 0.15) is 31.4 Å². The van der Waals surface area contributed by atoms with Gasteiger partial charge in [-0.15, -0.1) is 0 Å². The summed E-state index contributed by atoms with van der Waals surface area (Å²) in [5, 5.41) is 2.89. The topological polar surface area (TPSA) is 86.8 Å². The summed E-state index contributed by atoms with van der Waals surface area (Å²) in [7, 11) is -4.21. The minimum atomic E-state index is -4.21. The lowest BCUT2D eigenvalue weighted by atomic mass is 10.1. The number of sulfonamides is 1. The molecule has 2 amide bonds. The number of para-hydroxylation sites is 1. The van der Waals surface area contributed by atoms with Crippen LogP contribution in [0.2, 0.25) is 5.02 Å². The van der Waals surface area contributed by atoms with Crippen LogP contribution in [0.3, 0.4) is 0 Å². The Hall–Kier alpha value is -3.43. The molecule has 3 aromatic carbocycles. The van der Waals surface area contributed by atoms with Gasteiger partial charge in [0.1, 0.15) is 18.4 Å². The highest BCUT2D eigenvalue weighted by Crippen LogP contribution is 2.31. The van der Waals surface area contributed by atoms with Crippen molar-refractivity contribution in [1.82, 2.24) is 10.2 Å². The number of amides is 2. The third kappa shape index (κ3) is 6.90. The summed E-state index contributed by atoms with van der Waals surface area (Å²) in [5.41, 5.74) is 1.60. The first-order chi connectivity index (χ1) is 18.1. The number of likely N-dealkylation sites (N-methyl/N-ethyl adjacent to an activating group) is 1. The second-order valence-corrected chi connectivity index (χ2v) is 11.0. The molecule has 0 saturated carbocycles. The molecule has 0 saturated heterocycles. The van der Waals surface area contributed by atoms with E-state index in [0.717, 1.165) is 9.87 Å². The first-order valence-electron chi connectivity index (χ1n) is 12.2. The molecular weight excluding hydrogens is 529 g/mol. The van der Waals surface area contributed by atoms with E-state index in [-0.39, 0.29) is 34.5 Å². The lowest BCUT2D eigenvalue weighted by Gasteiger charge is -2.33. The van der Waals surface area contributed by atoms with Crippen LogP contribution in [0.4, 0.5) is 10.1 Å². The standard InChI is InChI=1S/C28H31ClFN3O4S/c1-4-25(28(35)31-5-2)32(18-21-12-14-22(30)15-13-21)27(34)19-33(26-9-7-6-8-24(26)29)38(36,37)23-16-10-20(3)11-17-23/h6-17,25H,4-5,18-19H2,1-3H3,(H,31,35)/t25-/m0/s1. The molecule has 0 bridgehead atoms. The number of rotatable bonds is 11. The molecule has 0 aliphatic rings. The summed E-state index contributed by atoms with van der Waals surface area (Å²) in [6.07, 6.45) is 0.287. The first kappa shape index (κ1) is 29.1.